The fourth-order valence-electron chi connectivity index (χ4n) is 0.649. The summed E-state index contributed by atoms with van der Waals surface area (Å²) in [7, 11) is 0. The van der Waals surface area contributed by atoms with Crippen molar-refractivity contribution in [2.45, 2.75) is 11.7 Å². The molecule has 1 heterocycles. The summed E-state index contributed by atoms with van der Waals surface area (Å²) in [5.74, 6) is -1.45. The van der Waals surface area contributed by atoms with Gasteiger partial charge >= 0.3 is 35.7 Å². The number of hydrogen-bond acceptors (Lipinski definition) is 4. The summed E-state index contributed by atoms with van der Waals surface area (Å²) in [4.78, 5) is 5.73. The Kier molecular flexibility index (Phi) is 3.83. The molecule has 68 valence electrons. The Morgan fingerprint density at radius 1 is 1.29 bits per heavy atom. The van der Waals surface area contributed by atoms with E-state index in [0.29, 0.717) is 6.21 Å². The van der Waals surface area contributed by atoms with Crippen molar-refractivity contribution in [3.05, 3.63) is 0 Å². The topological polar surface area (TPSA) is 72.3 Å². The van der Waals surface area contributed by atoms with E-state index in [1.807, 2.05) is 0 Å². The van der Waals surface area contributed by atoms with Gasteiger partial charge in [-0.1, -0.05) is 0 Å². The van der Waals surface area contributed by atoms with Crippen LogP contribution in [-0.2, 0) is 0 Å². The first-order chi connectivity index (χ1) is 5.93. The van der Waals surface area contributed by atoms with E-state index in [1.165, 1.54) is 12.1 Å². The van der Waals surface area contributed by atoms with Crippen LogP contribution in [0, 0.1) is 22.7 Å². The maximum absolute atomic E-state index is 11.9. The standard InChI is InChI=1S/C6HF3N4.Na.H/c7-6(8,9)4-12-3-5(1-10,2-11)13-4;;/h3H;;. The number of nitrogens with zero attached hydrogens (tertiary/aromatic N) is 4. The Hall–Kier alpha value is -0.890. The van der Waals surface area contributed by atoms with Crippen molar-refractivity contribution in [1.29, 1.82) is 10.5 Å². The van der Waals surface area contributed by atoms with Gasteiger partial charge in [0, 0.05) is 0 Å². The van der Waals surface area contributed by atoms with Gasteiger partial charge in [-0.2, -0.15) is 23.7 Å². The quantitative estimate of drug-likeness (QED) is 0.534. The van der Waals surface area contributed by atoms with E-state index in [2.05, 4.69) is 9.98 Å². The third-order valence-corrected chi connectivity index (χ3v) is 1.25. The molecule has 0 fully saturated rings. The number of rotatable bonds is 0. The van der Waals surface area contributed by atoms with E-state index in [9.17, 15) is 13.2 Å². The van der Waals surface area contributed by atoms with E-state index < -0.39 is 17.6 Å². The average molecular weight is 210 g/mol. The van der Waals surface area contributed by atoms with E-state index in [0.717, 1.165) is 0 Å². The van der Waals surface area contributed by atoms with E-state index in [4.69, 9.17) is 10.5 Å². The molecule has 0 atom stereocenters. The number of hydrogen-bond donors (Lipinski definition) is 0. The molecule has 0 N–H and O–H groups in total. The second kappa shape index (κ2) is 4.09. The van der Waals surface area contributed by atoms with E-state index >= 15 is 0 Å². The van der Waals surface area contributed by atoms with Crippen LogP contribution in [0.4, 0.5) is 13.2 Å². The molecule has 0 saturated carbocycles. The van der Waals surface area contributed by atoms with Crippen LogP contribution in [0.1, 0.15) is 0 Å². The number of alkyl halides is 3. The molecular weight excluding hydrogens is 208 g/mol. The molecular formula is C6H2F3N4Na. The van der Waals surface area contributed by atoms with Crippen LogP contribution in [0.15, 0.2) is 9.98 Å². The summed E-state index contributed by atoms with van der Waals surface area (Å²) in [5.41, 5.74) is -2.11. The molecule has 0 aromatic heterocycles. The molecule has 0 spiro atoms. The molecule has 1 aliphatic heterocycles. The van der Waals surface area contributed by atoms with E-state index in [1.54, 1.807) is 0 Å². The van der Waals surface area contributed by atoms with Gasteiger partial charge in [-0.25, -0.2) is 9.98 Å². The number of nitriles is 2. The van der Waals surface area contributed by atoms with Crippen LogP contribution in [0.5, 0.6) is 0 Å². The second-order valence-electron chi connectivity index (χ2n) is 2.18. The van der Waals surface area contributed by atoms with Crippen molar-refractivity contribution >= 4 is 41.6 Å². The molecule has 0 aromatic rings. The SMILES string of the molecule is N#CC1(C#N)C=NC(C(F)(F)F)=N1.[NaH]. The summed E-state index contributed by atoms with van der Waals surface area (Å²) < 4.78 is 35.7. The Balaban J connectivity index is 0.00000169. The molecule has 0 bridgehead atoms. The summed E-state index contributed by atoms with van der Waals surface area (Å²) in [6, 6.07) is 2.66. The normalized spacial score (nSPS) is 17.6. The van der Waals surface area contributed by atoms with Gasteiger partial charge in [-0.3, -0.25) is 0 Å². The molecule has 0 saturated heterocycles. The zero-order chi connectivity index (χ0) is 10.1. The summed E-state index contributed by atoms with van der Waals surface area (Å²) in [6.45, 7) is 0. The van der Waals surface area contributed by atoms with Gasteiger partial charge in [0.05, 0.1) is 6.21 Å². The van der Waals surface area contributed by atoms with Crippen molar-refractivity contribution in [2.24, 2.45) is 9.98 Å². The minimum atomic E-state index is -4.72. The molecule has 14 heavy (non-hydrogen) atoms. The third kappa shape index (κ3) is 2.32. The summed E-state index contributed by atoms with van der Waals surface area (Å²) >= 11 is 0. The number of amidine groups is 1. The fourth-order valence-corrected chi connectivity index (χ4v) is 0.649. The van der Waals surface area contributed by atoms with Gasteiger partial charge in [0.15, 0.2) is 0 Å². The summed E-state index contributed by atoms with van der Waals surface area (Å²) in [6.07, 6.45) is -4.14. The van der Waals surface area contributed by atoms with Crippen LogP contribution < -0.4 is 0 Å². The first-order valence-corrected chi connectivity index (χ1v) is 2.98. The molecule has 0 unspecified atom stereocenters. The first kappa shape index (κ1) is 13.1. The van der Waals surface area contributed by atoms with Crippen molar-refractivity contribution in [3.8, 4) is 12.1 Å². The fraction of sp³-hybridized carbons (Fsp3) is 0.333. The molecule has 1 aliphatic rings. The van der Waals surface area contributed by atoms with Gasteiger partial charge in [-0.15, -0.1) is 0 Å². The molecule has 0 aliphatic carbocycles. The van der Waals surface area contributed by atoms with Gasteiger partial charge in [0.2, 0.25) is 5.84 Å². The van der Waals surface area contributed by atoms with Crippen molar-refractivity contribution < 1.29 is 13.2 Å². The van der Waals surface area contributed by atoms with Gasteiger partial charge < -0.3 is 0 Å². The van der Waals surface area contributed by atoms with Crippen LogP contribution >= 0.6 is 0 Å². The monoisotopic (exact) mass is 210 g/mol. The molecule has 4 nitrogen and oxygen atoms in total. The minimum absolute atomic E-state index is 0. The predicted molar refractivity (Wildman–Crippen MR) is 43.1 cm³/mol. The zero-order valence-corrected chi connectivity index (χ0v) is 6.00. The molecule has 0 amide bonds. The zero-order valence-electron chi connectivity index (χ0n) is 6.00. The Morgan fingerprint density at radius 3 is 2.00 bits per heavy atom. The summed E-state index contributed by atoms with van der Waals surface area (Å²) in [5, 5.41) is 16.7. The van der Waals surface area contributed by atoms with E-state index in [-0.39, 0.29) is 29.6 Å². The van der Waals surface area contributed by atoms with Crippen LogP contribution in [-0.4, -0.2) is 53.3 Å². The molecule has 8 heteroatoms. The predicted octanol–water partition coefficient (Wildman–Crippen LogP) is 0.169. The van der Waals surface area contributed by atoms with Gasteiger partial charge in [-0.05, 0) is 0 Å². The Bertz CT molecular complexity index is 356. The average Bonchev–Trinajstić information content (AvgIpc) is 2.48. The van der Waals surface area contributed by atoms with Crippen LogP contribution in [0.25, 0.3) is 0 Å². The van der Waals surface area contributed by atoms with Crippen LogP contribution in [0.2, 0.25) is 0 Å². The van der Waals surface area contributed by atoms with Crippen molar-refractivity contribution in [2.75, 3.05) is 0 Å². The van der Waals surface area contributed by atoms with Crippen molar-refractivity contribution in [3.63, 3.8) is 0 Å². The maximum atomic E-state index is 11.9. The Labute approximate surface area is 99.0 Å². The van der Waals surface area contributed by atoms with Gasteiger partial charge in [0.25, 0.3) is 5.54 Å². The first-order valence-electron chi connectivity index (χ1n) is 2.98. The third-order valence-electron chi connectivity index (χ3n) is 1.25. The van der Waals surface area contributed by atoms with Crippen molar-refractivity contribution in [1.82, 2.24) is 0 Å². The number of aliphatic imine (C=N–C) groups is 2. The molecule has 1 rings (SSSR count). The molecule has 0 aromatic carbocycles. The number of halogens is 3. The van der Waals surface area contributed by atoms with Crippen LogP contribution in [0.3, 0.4) is 0 Å². The van der Waals surface area contributed by atoms with Gasteiger partial charge in [0.1, 0.15) is 12.1 Å². The second-order valence-corrected chi connectivity index (χ2v) is 2.18. The molecule has 0 radical (unpaired) electrons. The Morgan fingerprint density at radius 2 is 1.79 bits per heavy atom.